The number of hydrogen-bond donors (Lipinski definition) is 2. The Morgan fingerprint density at radius 2 is 2.47 bits per heavy atom. The molecule has 0 aliphatic carbocycles. The Labute approximate surface area is 99.7 Å². The summed E-state index contributed by atoms with van der Waals surface area (Å²) in [6.45, 7) is 3.01. The molecule has 17 heavy (non-hydrogen) atoms. The van der Waals surface area contributed by atoms with Gasteiger partial charge in [0, 0.05) is 19.3 Å². The Morgan fingerprint density at radius 1 is 1.71 bits per heavy atom. The van der Waals surface area contributed by atoms with E-state index in [0.29, 0.717) is 24.3 Å². The lowest BCUT2D eigenvalue weighted by molar-refractivity contribution is 0.0249. The summed E-state index contributed by atoms with van der Waals surface area (Å²) >= 11 is 0. The minimum Gasteiger partial charge on any atom is -0.391 e. The number of nitriles is 1. The largest absolute Gasteiger partial charge is 0.391 e. The van der Waals surface area contributed by atoms with Gasteiger partial charge in [0.25, 0.3) is 5.91 Å². The molecule has 0 aromatic carbocycles. The van der Waals surface area contributed by atoms with Gasteiger partial charge >= 0.3 is 0 Å². The van der Waals surface area contributed by atoms with Crippen LogP contribution in [0.3, 0.4) is 0 Å². The lowest BCUT2D eigenvalue weighted by atomic mass is 9.96. The maximum absolute atomic E-state index is 12.1. The minimum atomic E-state index is -0.456. The summed E-state index contributed by atoms with van der Waals surface area (Å²) in [6.07, 6.45) is 1.88. The van der Waals surface area contributed by atoms with E-state index in [1.165, 1.54) is 12.3 Å². The second-order valence-electron chi connectivity index (χ2n) is 4.50. The Hall–Kier alpha value is -1.80. The van der Waals surface area contributed by atoms with Crippen molar-refractivity contribution in [1.29, 1.82) is 5.26 Å². The lowest BCUT2D eigenvalue weighted by Crippen LogP contribution is -2.45. The van der Waals surface area contributed by atoms with E-state index < -0.39 is 6.10 Å². The first kappa shape index (κ1) is 11.7. The predicted octanol–water partition coefficient (Wildman–Crippen LogP) is 0.729. The molecule has 2 unspecified atom stereocenters. The summed E-state index contributed by atoms with van der Waals surface area (Å²) in [4.78, 5) is 16.4. The second kappa shape index (κ2) is 4.60. The van der Waals surface area contributed by atoms with E-state index in [2.05, 4.69) is 4.98 Å². The summed E-state index contributed by atoms with van der Waals surface area (Å²) in [7, 11) is 0. The van der Waals surface area contributed by atoms with Gasteiger partial charge in [-0.3, -0.25) is 4.79 Å². The molecule has 90 valence electrons. The summed E-state index contributed by atoms with van der Waals surface area (Å²) in [5, 5.41) is 18.4. The van der Waals surface area contributed by atoms with Crippen molar-refractivity contribution >= 4 is 5.91 Å². The number of aromatic nitrogens is 1. The molecule has 0 radical (unpaired) electrons. The fraction of sp³-hybridized carbons (Fsp3) is 0.500. The van der Waals surface area contributed by atoms with Gasteiger partial charge in [0.1, 0.15) is 11.8 Å². The smallest absolute Gasteiger partial charge is 0.255 e. The molecule has 1 saturated heterocycles. The number of nitrogens with one attached hydrogen (secondary N) is 1. The zero-order valence-corrected chi connectivity index (χ0v) is 9.68. The molecular formula is C12H15N3O2. The van der Waals surface area contributed by atoms with Crippen molar-refractivity contribution < 1.29 is 9.90 Å². The molecule has 0 saturated carbocycles. The molecule has 2 heterocycles. The van der Waals surface area contributed by atoms with Crippen LogP contribution in [-0.4, -0.2) is 40.1 Å². The highest BCUT2D eigenvalue weighted by molar-refractivity contribution is 5.94. The van der Waals surface area contributed by atoms with Gasteiger partial charge in [-0.1, -0.05) is 6.92 Å². The first-order valence-electron chi connectivity index (χ1n) is 5.67. The number of rotatable bonds is 1. The number of carbonyl (C=O) groups excluding carboxylic acids is 1. The van der Waals surface area contributed by atoms with Crippen molar-refractivity contribution in [2.75, 3.05) is 13.1 Å². The highest BCUT2D eigenvalue weighted by atomic mass is 16.3. The third-order valence-corrected chi connectivity index (χ3v) is 3.26. The Morgan fingerprint density at radius 3 is 3.06 bits per heavy atom. The van der Waals surface area contributed by atoms with Crippen LogP contribution in [0.2, 0.25) is 0 Å². The van der Waals surface area contributed by atoms with E-state index in [0.717, 1.165) is 6.42 Å². The molecular weight excluding hydrogens is 218 g/mol. The summed E-state index contributed by atoms with van der Waals surface area (Å²) in [5.41, 5.74) is 0.850. The van der Waals surface area contributed by atoms with Crippen LogP contribution < -0.4 is 0 Å². The predicted molar refractivity (Wildman–Crippen MR) is 61.2 cm³/mol. The van der Waals surface area contributed by atoms with Crippen LogP contribution >= 0.6 is 0 Å². The summed E-state index contributed by atoms with van der Waals surface area (Å²) in [5.74, 6) is 0.105. The highest BCUT2D eigenvalue weighted by Gasteiger charge is 2.28. The number of piperidine rings is 1. The van der Waals surface area contributed by atoms with Gasteiger partial charge in [0.05, 0.1) is 11.7 Å². The number of carbonyl (C=O) groups is 1. The van der Waals surface area contributed by atoms with Crippen molar-refractivity contribution in [2.24, 2.45) is 5.92 Å². The van der Waals surface area contributed by atoms with Gasteiger partial charge in [-0.2, -0.15) is 5.26 Å². The molecule has 5 heteroatoms. The van der Waals surface area contributed by atoms with E-state index >= 15 is 0 Å². The third-order valence-electron chi connectivity index (χ3n) is 3.26. The molecule has 0 spiro atoms. The number of aliphatic hydroxyl groups excluding tert-OH is 1. The molecule has 1 aliphatic heterocycles. The number of aromatic amines is 1. The van der Waals surface area contributed by atoms with Gasteiger partial charge in [0.2, 0.25) is 0 Å². The standard InChI is InChI=1S/C12H15N3O2/c1-8-2-3-15(7-11(8)16)12(17)9-4-10(5-13)14-6-9/h4,6,8,11,14,16H,2-3,7H2,1H3. The van der Waals surface area contributed by atoms with E-state index in [1.807, 2.05) is 13.0 Å². The topological polar surface area (TPSA) is 80.1 Å². The van der Waals surface area contributed by atoms with E-state index in [1.54, 1.807) is 4.90 Å². The van der Waals surface area contributed by atoms with Gasteiger partial charge in [-0.25, -0.2) is 0 Å². The van der Waals surface area contributed by atoms with E-state index in [4.69, 9.17) is 5.26 Å². The number of amides is 1. The second-order valence-corrected chi connectivity index (χ2v) is 4.50. The molecule has 2 atom stereocenters. The first-order chi connectivity index (χ1) is 8.11. The summed E-state index contributed by atoms with van der Waals surface area (Å²) < 4.78 is 0. The summed E-state index contributed by atoms with van der Waals surface area (Å²) in [6, 6.07) is 3.48. The zero-order chi connectivity index (χ0) is 12.4. The Bertz CT molecular complexity index is 461. The fourth-order valence-corrected chi connectivity index (χ4v) is 2.00. The maximum Gasteiger partial charge on any atom is 0.255 e. The van der Waals surface area contributed by atoms with E-state index in [-0.39, 0.29) is 11.8 Å². The quantitative estimate of drug-likeness (QED) is 0.750. The van der Waals surface area contributed by atoms with Crippen molar-refractivity contribution in [3.05, 3.63) is 23.5 Å². The van der Waals surface area contributed by atoms with Crippen LogP contribution in [0.15, 0.2) is 12.3 Å². The van der Waals surface area contributed by atoms with Crippen molar-refractivity contribution in [2.45, 2.75) is 19.4 Å². The Kier molecular flexibility index (Phi) is 3.16. The number of hydrogen-bond acceptors (Lipinski definition) is 3. The molecule has 1 aliphatic rings. The number of aliphatic hydroxyl groups is 1. The average molecular weight is 233 g/mol. The van der Waals surface area contributed by atoms with Crippen LogP contribution in [0.5, 0.6) is 0 Å². The van der Waals surface area contributed by atoms with Crippen LogP contribution in [0.25, 0.3) is 0 Å². The van der Waals surface area contributed by atoms with Crippen LogP contribution in [0.1, 0.15) is 29.4 Å². The van der Waals surface area contributed by atoms with Crippen molar-refractivity contribution in [3.63, 3.8) is 0 Å². The highest BCUT2D eigenvalue weighted by Crippen LogP contribution is 2.19. The molecule has 1 fully saturated rings. The van der Waals surface area contributed by atoms with Crippen LogP contribution in [-0.2, 0) is 0 Å². The van der Waals surface area contributed by atoms with Gasteiger partial charge in [-0.15, -0.1) is 0 Å². The maximum atomic E-state index is 12.1. The number of H-pyrrole nitrogens is 1. The SMILES string of the molecule is CC1CCN(C(=O)c2c[nH]c(C#N)c2)CC1O. The molecule has 1 aromatic heterocycles. The first-order valence-corrected chi connectivity index (χ1v) is 5.67. The normalized spacial score (nSPS) is 24.4. The lowest BCUT2D eigenvalue weighted by Gasteiger charge is -2.34. The van der Waals surface area contributed by atoms with Gasteiger partial charge in [0.15, 0.2) is 0 Å². The average Bonchev–Trinajstić information content (AvgIpc) is 2.80. The van der Waals surface area contributed by atoms with E-state index in [9.17, 15) is 9.90 Å². The van der Waals surface area contributed by atoms with Gasteiger partial charge < -0.3 is 15.0 Å². The number of β-amino-alcohol motifs (C(OH)–C–C–N with tert-alkyl or cyclic N) is 1. The third kappa shape index (κ3) is 2.32. The molecule has 0 bridgehead atoms. The Balaban J connectivity index is 2.08. The zero-order valence-electron chi connectivity index (χ0n) is 9.68. The number of likely N-dealkylation sites (tertiary alicyclic amines) is 1. The van der Waals surface area contributed by atoms with Gasteiger partial charge in [-0.05, 0) is 18.4 Å². The van der Waals surface area contributed by atoms with Crippen LogP contribution in [0.4, 0.5) is 0 Å². The molecule has 2 N–H and O–H groups in total. The molecule has 1 amide bonds. The van der Waals surface area contributed by atoms with Crippen molar-refractivity contribution in [1.82, 2.24) is 9.88 Å². The molecule has 5 nitrogen and oxygen atoms in total. The van der Waals surface area contributed by atoms with Crippen LogP contribution in [0, 0.1) is 17.2 Å². The van der Waals surface area contributed by atoms with Crippen molar-refractivity contribution in [3.8, 4) is 6.07 Å². The molecule has 2 rings (SSSR count). The minimum absolute atomic E-state index is 0.131. The number of nitrogens with zero attached hydrogens (tertiary/aromatic N) is 2. The monoisotopic (exact) mass is 233 g/mol. The fourth-order valence-electron chi connectivity index (χ4n) is 2.00. The molecule has 1 aromatic rings.